The van der Waals surface area contributed by atoms with Crippen LogP contribution in [0, 0.1) is 6.92 Å². The number of carboxylic acid groups (broad SMARTS) is 1. The molecule has 2 rings (SSSR count). The third-order valence-electron chi connectivity index (χ3n) is 4.20. The highest BCUT2D eigenvalue weighted by Gasteiger charge is 2.38. The van der Waals surface area contributed by atoms with Crippen molar-refractivity contribution in [3.05, 3.63) is 35.4 Å². The number of carboxylic acids is 1. The molecule has 1 aliphatic heterocycles. The van der Waals surface area contributed by atoms with E-state index in [0.717, 1.165) is 11.1 Å². The van der Waals surface area contributed by atoms with E-state index in [-0.39, 0.29) is 25.5 Å². The second-order valence-corrected chi connectivity index (χ2v) is 6.46. The average molecular weight is 348 g/mol. The maximum atomic E-state index is 12.0. The summed E-state index contributed by atoms with van der Waals surface area (Å²) in [6.45, 7) is 2.42. The molecule has 1 aliphatic rings. The lowest BCUT2D eigenvalue weighted by molar-refractivity contribution is -0.139. The number of nitrogens with one attached hydrogen (secondary N) is 2. The van der Waals surface area contributed by atoms with E-state index in [4.69, 9.17) is 9.84 Å². The monoisotopic (exact) mass is 348 g/mol. The van der Waals surface area contributed by atoms with Crippen LogP contribution in [-0.2, 0) is 25.5 Å². The molecule has 136 valence electrons. The molecule has 1 aromatic carbocycles. The summed E-state index contributed by atoms with van der Waals surface area (Å²) < 4.78 is 5.22. The van der Waals surface area contributed by atoms with Gasteiger partial charge < -0.3 is 20.5 Å². The van der Waals surface area contributed by atoms with Gasteiger partial charge in [0.2, 0.25) is 11.8 Å². The zero-order chi connectivity index (χ0) is 18.3. The van der Waals surface area contributed by atoms with Crippen LogP contribution in [0.2, 0.25) is 0 Å². The first-order valence-electron chi connectivity index (χ1n) is 8.31. The number of ether oxygens (including phenoxy) is 1. The van der Waals surface area contributed by atoms with Crippen LogP contribution in [0.25, 0.3) is 0 Å². The lowest BCUT2D eigenvalue weighted by Gasteiger charge is -2.27. The molecule has 1 saturated heterocycles. The number of hydrogen-bond donors (Lipinski definition) is 3. The number of carbonyl (C=O) groups is 3. The Morgan fingerprint density at radius 3 is 2.52 bits per heavy atom. The van der Waals surface area contributed by atoms with Crippen molar-refractivity contribution in [1.82, 2.24) is 10.6 Å². The number of aliphatic carboxylic acids is 1. The van der Waals surface area contributed by atoms with Gasteiger partial charge in [0, 0.05) is 13.0 Å². The quantitative estimate of drug-likeness (QED) is 0.644. The highest BCUT2D eigenvalue weighted by atomic mass is 16.5. The van der Waals surface area contributed by atoms with Crippen LogP contribution in [0.4, 0.5) is 0 Å². The maximum Gasteiger partial charge on any atom is 0.305 e. The average Bonchev–Trinajstić information content (AvgIpc) is 2.99. The molecule has 1 unspecified atom stereocenters. The Balaban J connectivity index is 1.74. The van der Waals surface area contributed by atoms with Gasteiger partial charge in [0.05, 0.1) is 25.1 Å². The highest BCUT2D eigenvalue weighted by Crippen LogP contribution is 2.22. The fraction of sp³-hybridized carbons (Fsp3) is 0.500. The van der Waals surface area contributed by atoms with E-state index in [1.165, 1.54) is 0 Å². The van der Waals surface area contributed by atoms with Gasteiger partial charge in [-0.25, -0.2) is 0 Å². The van der Waals surface area contributed by atoms with Crippen LogP contribution in [0.15, 0.2) is 24.3 Å². The smallest absolute Gasteiger partial charge is 0.305 e. The van der Waals surface area contributed by atoms with Crippen molar-refractivity contribution in [2.75, 3.05) is 19.8 Å². The van der Waals surface area contributed by atoms with Gasteiger partial charge in [0.15, 0.2) is 0 Å². The largest absolute Gasteiger partial charge is 0.481 e. The van der Waals surface area contributed by atoms with Gasteiger partial charge in [-0.2, -0.15) is 0 Å². The number of rotatable bonds is 8. The third-order valence-corrected chi connectivity index (χ3v) is 4.20. The summed E-state index contributed by atoms with van der Waals surface area (Å²) in [4.78, 5) is 34.9. The van der Waals surface area contributed by atoms with Crippen molar-refractivity contribution in [3.63, 3.8) is 0 Å². The molecular weight excluding hydrogens is 324 g/mol. The van der Waals surface area contributed by atoms with Crippen molar-refractivity contribution in [1.29, 1.82) is 0 Å². The first kappa shape index (κ1) is 18.9. The van der Waals surface area contributed by atoms with Crippen LogP contribution in [-0.4, -0.2) is 48.2 Å². The summed E-state index contributed by atoms with van der Waals surface area (Å²) in [5, 5.41) is 14.3. The Labute approximate surface area is 146 Å². The Morgan fingerprint density at radius 1 is 1.20 bits per heavy atom. The van der Waals surface area contributed by atoms with Crippen LogP contribution >= 0.6 is 0 Å². The minimum atomic E-state index is -0.993. The molecule has 7 nitrogen and oxygen atoms in total. The lowest BCUT2D eigenvalue weighted by atomic mass is 9.94. The number of amides is 2. The normalized spacial score (nSPS) is 19.4. The summed E-state index contributed by atoms with van der Waals surface area (Å²) >= 11 is 0. The summed E-state index contributed by atoms with van der Waals surface area (Å²) in [7, 11) is 0. The molecule has 0 spiro atoms. The standard InChI is InChI=1S/C18H24N2O5/c1-13-2-4-14(5-3-13)6-7-15(21)19-11-16(22)20-18(10-17(23)24)8-9-25-12-18/h2-5H,6-12H2,1H3,(H,19,21)(H,20,22)(H,23,24). The first-order valence-corrected chi connectivity index (χ1v) is 8.31. The van der Waals surface area contributed by atoms with Crippen LogP contribution in [0.5, 0.6) is 0 Å². The Bertz CT molecular complexity index is 621. The van der Waals surface area contributed by atoms with Gasteiger partial charge in [0.25, 0.3) is 0 Å². The molecule has 0 aromatic heterocycles. The lowest BCUT2D eigenvalue weighted by Crippen LogP contribution is -2.53. The zero-order valence-electron chi connectivity index (χ0n) is 14.3. The third kappa shape index (κ3) is 6.19. The Kier molecular flexibility index (Phi) is 6.52. The van der Waals surface area contributed by atoms with Crippen molar-refractivity contribution < 1.29 is 24.2 Å². The Morgan fingerprint density at radius 2 is 1.92 bits per heavy atom. The molecule has 1 fully saturated rings. The van der Waals surface area contributed by atoms with Gasteiger partial charge in [-0.15, -0.1) is 0 Å². The summed E-state index contributed by atoms with van der Waals surface area (Å²) in [6.07, 6.45) is 1.15. The van der Waals surface area contributed by atoms with E-state index in [9.17, 15) is 14.4 Å². The minimum Gasteiger partial charge on any atom is -0.481 e. The second-order valence-electron chi connectivity index (χ2n) is 6.46. The summed E-state index contributed by atoms with van der Waals surface area (Å²) in [6, 6.07) is 7.94. The summed E-state index contributed by atoms with van der Waals surface area (Å²) in [5.41, 5.74) is 1.35. The summed E-state index contributed by atoms with van der Waals surface area (Å²) in [5.74, 6) is -1.62. The molecule has 7 heteroatoms. The topological polar surface area (TPSA) is 105 Å². The van der Waals surface area contributed by atoms with E-state index < -0.39 is 17.4 Å². The van der Waals surface area contributed by atoms with Crippen molar-refractivity contribution in [3.8, 4) is 0 Å². The number of benzene rings is 1. The van der Waals surface area contributed by atoms with Gasteiger partial charge in [-0.3, -0.25) is 14.4 Å². The predicted octanol–water partition coefficient (Wildman–Crippen LogP) is 0.794. The molecule has 0 bridgehead atoms. The fourth-order valence-electron chi connectivity index (χ4n) is 2.80. The number of hydrogen-bond acceptors (Lipinski definition) is 4. The molecule has 2 amide bonds. The van der Waals surface area contributed by atoms with Crippen molar-refractivity contribution in [2.24, 2.45) is 0 Å². The van der Waals surface area contributed by atoms with Crippen LogP contribution in [0.1, 0.15) is 30.4 Å². The first-order chi connectivity index (χ1) is 11.9. The van der Waals surface area contributed by atoms with Crippen LogP contribution < -0.4 is 10.6 Å². The SMILES string of the molecule is Cc1ccc(CCC(=O)NCC(=O)NC2(CC(=O)O)CCOC2)cc1. The zero-order valence-corrected chi connectivity index (χ0v) is 14.3. The molecule has 0 saturated carbocycles. The van der Waals surface area contributed by atoms with E-state index in [0.29, 0.717) is 25.9 Å². The molecule has 3 N–H and O–H groups in total. The van der Waals surface area contributed by atoms with Crippen LogP contribution in [0.3, 0.4) is 0 Å². The van der Waals surface area contributed by atoms with Crippen molar-refractivity contribution in [2.45, 2.75) is 38.1 Å². The molecule has 25 heavy (non-hydrogen) atoms. The molecule has 0 radical (unpaired) electrons. The minimum absolute atomic E-state index is 0.173. The fourth-order valence-corrected chi connectivity index (χ4v) is 2.80. The van der Waals surface area contributed by atoms with Gasteiger partial charge in [-0.1, -0.05) is 29.8 Å². The van der Waals surface area contributed by atoms with Gasteiger partial charge in [-0.05, 0) is 25.3 Å². The van der Waals surface area contributed by atoms with E-state index >= 15 is 0 Å². The Hall–Kier alpha value is -2.41. The van der Waals surface area contributed by atoms with Gasteiger partial charge >= 0.3 is 5.97 Å². The van der Waals surface area contributed by atoms with Gasteiger partial charge in [0.1, 0.15) is 0 Å². The van der Waals surface area contributed by atoms with E-state index in [1.54, 1.807) is 0 Å². The highest BCUT2D eigenvalue weighted by molar-refractivity contribution is 5.85. The molecule has 1 heterocycles. The molecule has 1 aromatic rings. The predicted molar refractivity (Wildman–Crippen MR) is 91.1 cm³/mol. The number of carbonyl (C=O) groups excluding carboxylic acids is 2. The second kappa shape index (κ2) is 8.62. The van der Waals surface area contributed by atoms with Crippen molar-refractivity contribution >= 4 is 17.8 Å². The number of aryl methyl sites for hydroxylation is 2. The van der Waals surface area contributed by atoms with E-state index in [2.05, 4.69) is 10.6 Å². The molecule has 1 atom stereocenters. The molecule has 0 aliphatic carbocycles. The molecular formula is C18H24N2O5. The van der Waals surface area contributed by atoms with E-state index in [1.807, 2.05) is 31.2 Å². The maximum absolute atomic E-state index is 12.0.